The summed E-state index contributed by atoms with van der Waals surface area (Å²) in [5.41, 5.74) is -0.447. The summed E-state index contributed by atoms with van der Waals surface area (Å²) in [5, 5.41) is 21.2. The van der Waals surface area contributed by atoms with Crippen molar-refractivity contribution in [3.63, 3.8) is 0 Å². The first-order valence-electron chi connectivity index (χ1n) is 4.04. The monoisotopic (exact) mass is 230 g/mol. The summed E-state index contributed by atoms with van der Waals surface area (Å²) in [5.74, 6) is 0.103. The molecule has 0 aliphatic carbocycles. The van der Waals surface area contributed by atoms with Crippen LogP contribution in [-0.2, 0) is 6.42 Å². The SMILES string of the molecule is O=[N+]([O-])c1cccc([N+](=O)[O-])c1CCCl. The second kappa shape index (κ2) is 4.70. The van der Waals surface area contributed by atoms with Crippen molar-refractivity contribution in [1.29, 1.82) is 0 Å². The van der Waals surface area contributed by atoms with E-state index in [4.69, 9.17) is 11.6 Å². The number of benzene rings is 1. The molecule has 0 spiro atoms. The Morgan fingerprint density at radius 1 is 1.13 bits per heavy atom. The van der Waals surface area contributed by atoms with Crippen molar-refractivity contribution in [1.82, 2.24) is 0 Å². The van der Waals surface area contributed by atoms with Crippen LogP contribution in [0.15, 0.2) is 18.2 Å². The fourth-order valence-electron chi connectivity index (χ4n) is 1.26. The third-order valence-corrected chi connectivity index (χ3v) is 2.05. The van der Waals surface area contributed by atoms with Gasteiger partial charge in [0.2, 0.25) is 0 Å². The van der Waals surface area contributed by atoms with Gasteiger partial charge in [0, 0.05) is 18.0 Å². The predicted octanol–water partition coefficient (Wildman–Crippen LogP) is 2.28. The van der Waals surface area contributed by atoms with Gasteiger partial charge >= 0.3 is 0 Å². The molecule has 0 fully saturated rings. The van der Waals surface area contributed by atoms with Crippen LogP contribution >= 0.6 is 11.6 Å². The molecule has 0 aliphatic heterocycles. The highest BCUT2D eigenvalue weighted by Gasteiger charge is 2.23. The van der Waals surface area contributed by atoms with Crippen molar-refractivity contribution in [2.24, 2.45) is 0 Å². The topological polar surface area (TPSA) is 86.3 Å². The first-order valence-corrected chi connectivity index (χ1v) is 4.58. The molecule has 6 nitrogen and oxygen atoms in total. The molecule has 0 aromatic heterocycles. The Hall–Kier alpha value is -1.69. The van der Waals surface area contributed by atoms with Gasteiger partial charge in [-0.3, -0.25) is 20.2 Å². The Bertz CT molecular complexity index is 375. The van der Waals surface area contributed by atoms with Crippen LogP contribution in [0.3, 0.4) is 0 Å². The summed E-state index contributed by atoms with van der Waals surface area (Å²) in [6.45, 7) is 0. The minimum absolute atomic E-state index is 0.0718. The van der Waals surface area contributed by atoms with E-state index in [1.54, 1.807) is 0 Å². The van der Waals surface area contributed by atoms with E-state index in [2.05, 4.69) is 0 Å². The van der Waals surface area contributed by atoms with Crippen LogP contribution in [-0.4, -0.2) is 15.7 Å². The molecule has 7 heteroatoms. The number of nitrogens with zero attached hydrogens (tertiary/aromatic N) is 2. The summed E-state index contributed by atoms with van der Waals surface area (Å²) in [7, 11) is 0. The van der Waals surface area contributed by atoms with Crippen molar-refractivity contribution in [3.8, 4) is 0 Å². The van der Waals surface area contributed by atoms with E-state index in [9.17, 15) is 20.2 Å². The summed E-state index contributed by atoms with van der Waals surface area (Å²) in [6.07, 6.45) is 0.106. The lowest BCUT2D eigenvalue weighted by Gasteiger charge is -2.01. The highest BCUT2D eigenvalue weighted by atomic mass is 35.5. The predicted molar refractivity (Wildman–Crippen MR) is 54.2 cm³/mol. The second-order valence-electron chi connectivity index (χ2n) is 2.73. The van der Waals surface area contributed by atoms with Gasteiger partial charge in [0.1, 0.15) is 5.56 Å². The fraction of sp³-hybridized carbons (Fsp3) is 0.250. The van der Waals surface area contributed by atoms with Crippen LogP contribution in [0.2, 0.25) is 0 Å². The molecule has 0 amide bonds. The number of halogens is 1. The highest BCUT2D eigenvalue weighted by Crippen LogP contribution is 2.28. The maximum absolute atomic E-state index is 10.6. The van der Waals surface area contributed by atoms with Crippen molar-refractivity contribution in [3.05, 3.63) is 44.0 Å². The third-order valence-electron chi connectivity index (χ3n) is 1.86. The van der Waals surface area contributed by atoms with Crippen LogP contribution < -0.4 is 0 Å². The van der Waals surface area contributed by atoms with Gasteiger partial charge in [-0.05, 0) is 12.5 Å². The van der Waals surface area contributed by atoms with Crippen LogP contribution in [0, 0.1) is 20.2 Å². The molecule has 0 atom stereocenters. The average Bonchev–Trinajstić information content (AvgIpc) is 2.17. The lowest BCUT2D eigenvalue weighted by molar-refractivity contribution is -0.395. The van der Waals surface area contributed by atoms with E-state index in [-0.39, 0.29) is 29.2 Å². The Kier molecular flexibility index (Phi) is 3.56. The smallest absolute Gasteiger partial charge is 0.258 e. The van der Waals surface area contributed by atoms with Gasteiger partial charge in [0.25, 0.3) is 11.4 Å². The minimum atomic E-state index is -0.644. The van der Waals surface area contributed by atoms with E-state index in [0.717, 1.165) is 0 Å². The molecule has 0 bridgehead atoms. The van der Waals surface area contributed by atoms with E-state index < -0.39 is 9.85 Å². The molecule has 0 radical (unpaired) electrons. The Morgan fingerprint density at radius 2 is 1.60 bits per heavy atom. The van der Waals surface area contributed by atoms with Crippen molar-refractivity contribution in [2.45, 2.75) is 6.42 Å². The van der Waals surface area contributed by atoms with Crippen LogP contribution in [0.4, 0.5) is 11.4 Å². The second-order valence-corrected chi connectivity index (χ2v) is 3.11. The number of hydrogen-bond acceptors (Lipinski definition) is 4. The van der Waals surface area contributed by atoms with E-state index in [0.29, 0.717) is 0 Å². The van der Waals surface area contributed by atoms with Crippen LogP contribution in [0.1, 0.15) is 5.56 Å². The van der Waals surface area contributed by atoms with Crippen molar-refractivity contribution in [2.75, 3.05) is 5.88 Å². The van der Waals surface area contributed by atoms with E-state index in [1.807, 2.05) is 0 Å². The third kappa shape index (κ3) is 2.41. The molecule has 1 rings (SSSR count). The fourth-order valence-corrected chi connectivity index (χ4v) is 1.44. The maximum atomic E-state index is 10.6. The standard InChI is InChI=1S/C8H7ClN2O4/c9-5-4-6-7(10(12)13)2-1-3-8(6)11(14)15/h1-3H,4-5H2. The van der Waals surface area contributed by atoms with Gasteiger partial charge in [0.05, 0.1) is 9.85 Å². The number of alkyl halides is 1. The maximum Gasteiger partial charge on any atom is 0.279 e. The molecule has 0 heterocycles. The molecule has 0 N–H and O–H groups in total. The molecular formula is C8H7ClN2O4. The lowest BCUT2D eigenvalue weighted by atomic mass is 10.1. The summed E-state index contributed by atoms with van der Waals surface area (Å²) >= 11 is 5.44. The van der Waals surface area contributed by atoms with Gasteiger partial charge < -0.3 is 0 Å². The average molecular weight is 231 g/mol. The van der Waals surface area contributed by atoms with Crippen molar-refractivity contribution < 1.29 is 9.85 Å². The molecule has 0 saturated carbocycles. The van der Waals surface area contributed by atoms with E-state index in [1.165, 1.54) is 18.2 Å². The Morgan fingerprint density at radius 3 is 1.93 bits per heavy atom. The molecule has 0 aliphatic rings. The van der Waals surface area contributed by atoms with Crippen LogP contribution in [0.5, 0.6) is 0 Å². The molecule has 1 aromatic rings. The van der Waals surface area contributed by atoms with Gasteiger partial charge in [-0.2, -0.15) is 0 Å². The first-order chi connectivity index (χ1) is 7.07. The zero-order valence-electron chi connectivity index (χ0n) is 7.55. The largest absolute Gasteiger partial charge is 0.279 e. The molecular weight excluding hydrogens is 224 g/mol. The molecule has 80 valence electrons. The van der Waals surface area contributed by atoms with E-state index >= 15 is 0 Å². The highest BCUT2D eigenvalue weighted by molar-refractivity contribution is 6.18. The quantitative estimate of drug-likeness (QED) is 0.451. The van der Waals surface area contributed by atoms with Crippen molar-refractivity contribution >= 4 is 23.0 Å². The number of nitro benzene ring substituents is 2. The zero-order valence-corrected chi connectivity index (χ0v) is 8.31. The Labute approximate surface area is 89.8 Å². The number of hydrogen-bond donors (Lipinski definition) is 0. The van der Waals surface area contributed by atoms with Gasteiger partial charge in [-0.1, -0.05) is 0 Å². The summed E-state index contributed by atoms with van der Waals surface area (Å²) < 4.78 is 0. The molecule has 0 saturated heterocycles. The van der Waals surface area contributed by atoms with Gasteiger partial charge in [-0.25, -0.2) is 0 Å². The molecule has 1 aromatic carbocycles. The van der Waals surface area contributed by atoms with Crippen LogP contribution in [0.25, 0.3) is 0 Å². The van der Waals surface area contributed by atoms with Gasteiger partial charge in [-0.15, -0.1) is 11.6 Å². The summed E-state index contributed by atoms with van der Waals surface area (Å²) in [4.78, 5) is 19.9. The number of rotatable bonds is 4. The van der Waals surface area contributed by atoms with Gasteiger partial charge in [0.15, 0.2) is 0 Å². The minimum Gasteiger partial charge on any atom is -0.258 e. The summed E-state index contributed by atoms with van der Waals surface area (Å²) in [6, 6.07) is 3.75. The lowest BCUT2D eigenvalue weighted by Crippen LogP contribution is -2.01. The first kappa shape index (κ1) is 11.4. The number of nitro groups is 2. The Balaban J connectivity index is 3.34. The zero-order chi connectivity index (χ0) is 11.4. The molecule has 0 unspecified atom stereocenters. The molecule has 15 heavy (non-hydrogen) atoms. The normalized spacial score (nSPS) is 9.93.